The Kier molecular flexibility index (Phi) is 2.69. The Morgan fingerprint density at radius 2 is 1.81 bits per heavy atom. The van der Waals surface area contributed by atoms with Crippen LogP contribution >= 0.6 is 11.6 Å². The number of hydrogen-bond donors (Lipinski definition) is 1. The molecular formula is C17H12ClN3. The molecule has 0 aliphatic rings. The van der Waals surface area contributed by atoms with E-state index in [-0.39, 0.29) is 0 Å². The molecule has 1 N–H and O–H groups in total. The van der Waals surface area contributed by atoms with Crippen LogP contribution in [0.3, 0.4) is 0 Å². The second-order valence-corrected chi connectivity index (χ2v) is 5.52. The Hall–Kier alpha value is -2.39. The number of fused-ring (bicyclic) bond motifs is 2. The van der Waals surface area contributed by atoms with E-state index in [0.29, 0.717) is 16.5 Å². The molecule has 0 saturated carbocycles. The minimum Gasteiger partial charge on any atom is -0.337 e. The fraction of sp³-hybridized carbons (Fsp3) is 0.0588. The molecule has 0 saturated heterocycles. The molecule has 0 aliphatic carbocycles. The molecule has 0 amide bonds. The summed E-state index contributed by atoms with van der Waals surface area (Å²) in [6, 6.07) is 16.0. The van der Waals surface area contributed by atoms with Gasteiger partial charge in [0, 0.05) is 5.39 Å². The largest absolute Gasteiger partial charge is 0.337 e. The predicted molar refractivity (Wildman–Crippen MR) is 86.6 cm³/mol. The first-order valence-corrected chi connectivity index (χ1v) is 7.10. The number of benzene rings is 2. The summed E-state index contributed by atoms with van der Waals surface area (Å²) in [6.07, 6.45) is 0. The van der Waals surface area contributed by atoms with Gasteiger partial charge in [-0.05, 0) is 37.3 Å². The zero-order valence-corrected chi connectivity index (χ0v) is 12.1. The molecule has 4 heteroatoms. The van der Waals surface area contributed by atoms with E-state index in [4.69, 9.17) is 11.6 Å². The van der Waals surface area contributed by atoms with Gasteiger partial charge in [0.1, 0.15) is 5.69 Å². The number of imidazole rings is 1. The monoisotopic (exact) mass is 293 g/mol. The molecule has 4 aromatic rings. The van der Waals surface area contributed by atoms with E-state index in [1.807, 2.05) is 42.5 Å². The maximum Gasteiger partial charge on any atom is 0.158 e. The van der Waals surface area contributed by atoms with Gasteiger partial charge in [-0.1, -0.05) is 35.4 Å². The topological polar surface area (TPSA) is 41.6 Å². The number of aromatic nitrogens is 3. The van der Waals surface area contributed by atoms with Crippen LogP contribution in [0.1, 0.15) is 5.56 Å². The fourth-order valence-corrected chi connectivity index (χ4v) is 2.75. The summed E-state index contributed by atoms with van der Waals surface area (Å²) in [5.74, 6) is 0.698. The van der Waals surface area contributed by atoms with Crippen molar-refractivity contribution in [2.45, 2.75) is 6.92 Å². The Morgan fingerprint density at radius 1 is 0.952 bits per heavy atom. The zero-order chi connectivity index (χ0) is 14.4. The summed E-state index contributed by atoms with van der Waals surface area (Å²) in [5.41, 5.74) is 4.69. The molecule has 2 heterocycles. The number of halogens is 1. The standard InChI is InChI=1S/C17H12ClN3/c1-10-6-7-13-11(8-10)9-12(18)16(19-13)17-20-14-4-2-3-5-15(14)21-17/h2-9H,1H3,(H,20,21). The number of nitrogens with one attached hydrogen (secondary N) is 1. The van der Waals surface area contributed by atoms with Crippen LogP contribution in [0.5, 0.6) is 0 Å². The van der Waals surface area contributed by atoms with E-state index in [2.05, 4.69) is 27.9 Å². The van der Waals surface area contributed by atoms with Crippen LogP contribution < -0.4 is 0 Å². The quantitative estimate of drug-likeness (QED) is 0.551. The average molecular weight is 294 g/mol. The molecular weight excluding hydrogens is 282 g/mol. The number of aromatic amines is 1. The number of H-pyrrole nitrogens is 1. The van der Waals surface area contributed by atoms with Crippen molar-refractivity contribution < 1.29 is 0 Å². The first kappa shape index (κ1) is 12.4. The van der Waals surface area contributed by atoms with Crippen molar-refractivity contribution in [2.75, 3.05) is 0 Å². The van der Waals surface area contributed by atoms with E-state index < -0.39 is 0 Å². The summed E-state index contributed by atoms with van der Waals surface area (Å²) in [6.45, 7) is 2.06. The summed E-state index contributed by atoms with van der Waals surface area (Å²) in [4.78, 5) is 12.5. The molecule has 2 aromatic carbocycles. The Labute approximate surface area is 126 Å². The Balaban J connectivity index is 1.96. The first-order chi connectivity index (χ1) is 10.2. The minimum absolute atomic E-state index is 0.604. The molecule has 0 atom stereocenters. The number of hydrogen-bond acceptors (Lipinski definition) is 2. The fourth-order valence-electron chi connectivity index (χ4n) is 2.50. The maximum atomic E-state index is 6.40. The van der Waals surface area contributed by atoms with Crippen molar-refractivity contribution in [2.24, 2.45) is 0 Å². The van der Waals surface area contributed by atoms with E-state index in [1.54, 1.807) is 0 Å². The molecule has 0 radical (unpaired) electrons. The van der Waals surface area contributed by atoms with Gasteiger partial charge in [0.25, 0.3) is 0 Å². The highest BCUT2D eigenvalue weighted by Crippen LogP contribution is 2.29. The number of para-hydroxylation sites is 2. The highest BCUT2D eigenvalue weighted by molar-refractivity contribution is 6.33. The van der Waals surface area contributed by atoms with E-state index in [0.717, 1.165) is 21.9 Å². The number of rotatable bonds is 1. The highest BCUT2D eigenvalue weighted by Gasteiger charge is 2.12. The third-order valence-electron chi connectivity index (χ3n) is 3.54. The molecule has 0 spiro atoms. The lowest BCUT2D eigenvalue weighted by Crippen LogP contribution is -1.89. The molecule has 0 aliphatic heterocycles. The summed E-state index contributed by atoms with van der Waals surface area (Å²) >= 11 is 6.40. The van der Waals surface area contributed by atoms with Gasteiger partial charge >= 0.3 is 0 Å². The van der Waals surface area contributed by atoms with Crippen LogP contribution in [0.25, 0.3) is 33.5 Å². The van der Waals surface area contributed by atoms with Crippen molar-refractivity contribution in [1.82, 2.24) is 15.0 Å². The van der Waals surface area contributed by atoms with E-state index in [9.17, 15) is 0 Å². The number of aryl methyl sites for hydroxylation is 1. The third kappa shape index (κ3) is 2.06. The van der Waals surface area contributed by atoms with E-state index in [1.165, 1.54) is 5.56 Å². The highest BCUT2D eigenvalue weighted by atomic mass is 35.5. The van der Waals surface area contributed by atoms with Crippen LogP contribution in [0.4, 0.5) is 0 Å². The first-order valence-electron chi connectivity index (χ1n) is 6.73. The lowest BCUT2D eigenvalue weighted by atomic mass is 10.1. The van der Waals surface area contributed by atoms with E-state index >= 15 is 0 Å². The van der Waals surface area contributed by atoms with Gasteiger partial charge in [-0.25, -0.2) is 9.97 Å². The minimum atomic E-state index is 0.604. The van der Waals surface area contributed by atoms with Crippen LogP contribution in [-0.4, -0.2) is 15.0 Å². The smallest absolute Gasteiger partial charge is 0.158 e. The van der Waals surface area contributed by atoms with Gasteiger partial charge < -0.3 is 4.98 Å². The Bertz CT molecular complexity index is 939. The summed E-state index contributed by atoms with van der Waals surface area (Å²) < 4.78 is 0. The van der Waals surface area contributed by atoms with Crippen LogP contribution in [0.2, 0.25) is 5.02 Å². The normalized spacial score (nSPS) is 11.3. The SMILES string of the molecule is Cc1ccc2nc(-c3nc4ccccc4[nH]3)c(Cl)cc2c1. The number of pyridine rings is 1. The van der Waals surface area contributed by atoms with Crippen LogP contribution in [-0.2, 0) is 0 Å². The number of nitrogens with zero attached hydrogens (tertiary/aromatic N) is 2. The molecule has 0 bridgehead atoms. The lowest BCUT2D eigenvalue weighted by molar-refractivity contribution is 1.27. The van der Waals surface area contributed by atoms with Gasteiger partial charge in [0.15, 0.2) is 5.82 Å². The van der Waals surface area contributed by atoms with Crippen LogP contribution in [0, 0.1) is 6.92 Å². The lowest BCUT2D eigenvalue weighted by Gasteiger charge is -2.04. The van der Waals surface area contributed by atoms with Crippen molar-refractivity contribution in [3.05, 3.63) is 59.1 Å². The van der Waals surface area contributed by atoms with Gasteiger partial charge in [-0.2, -0.15) is 0 Å². The van der Waals surface area contributed by atoms with Crippen LogP contribution in [0.15, 0.2) is 48.5 Å². The molecule has 3 nitrogen and oxygen atoms in total. The second-order valence-electron chi connectivity index (χ2n) is 5.12. The predicted octanol–water partition coefficient (Wildman–Crippen LogP) is 4.74. The molecule has 21 heavy (non-hydrogen) atoms. The molecule has 2 aromatic heterocycles. The summed E-state index contributed by atoms with van der Waals surface area (Å²) in [7, 11) is 0. The summed E-state index contributed by atoms with van der Waals surface area (Å²) in [5, 5.41) is 1.65. The van der Waals surface area contributed by atoms with Crippen molar-refractivity contribution >= 4 is 33.5 Å². The molecule has 4 rings (SSSR count). The molecule has 0 fully saturated rings. The van der Waals surface area contributed by atoms with Gasteiger partial charge in [-0.3, -0.25) is 0 Å². The zero-order valence-electron chi connectivity index (χ0n) is 11.4. The third-order valence-corrected chi connectivity index (χ3v) is 3.83. The van der Waals surface area contributed by atoms with Crippen molar-refractivity contribution in [3.8, 4) is 11.5 Å². The second kappa shape index (κ2) is 4.57. The van der Waals surface area contributed by atoms with Crippen molar-refractivity contribution in [3.63, 3.8) is 0 Å². The maximum absolute atomic E-state index is 6.40. The molecule has 0 unspecified atom stereocenters. The Morgan fingerprint density at radius 3 is 2.67 bits per heavy atom. The van der Waals surface area contributed by atoms with Gasteiger partial charge in [0.05, 0.1) is 21.6 Å². The molecule has 102 valence electrons. The van der Waals surface area contributed by atoms with Crippen molar-refractivity contribution in [1.29, 1.82) is 0 Å². The van der Waals surface area contributed by atoms with Gasteiger partial charge in [0.2, 0.25) is 0 Å². The average Bonchev–Trinajstić information content (AvgIpc) is 2.90. The van der Waals surface area contributed by atoms with Gasteiger partial charge in [-0.15, -0.1) is 0 Å².